The maximum Gasteiger partial charge on any atom is 0.338 e. The summed E-state index contributed by atoms with van der Waals surface area (Å²) in [6.45, 7) is 4.83. The fraction of sp³-hybridized carbons (Fsp3) is 0.588. The molecule has 0 aromatic heterocycles. The zero-order chi connectivity index (χ0) is 16.7. The van der Waals surface area contributed by atoms with Crippen LogP contribution < -0.4 is 4.90 Å². The van der Waals surface area contributed by atoms with Crippen LogP contribution in [-0.4, -0.2) is 26.7 Å². The first-order chi connectivity index (χ1) is 10.4. The van der Waals surface area contributed by atoms with E-state index >= 15 is 0 Å². The number of carbonyl (C=O) groups excluding carboxylic acids is 1. The fourth-order valence-corrected chi connectivity index (χ4v) is 4.18. The van der Waals surface area contributed by atoms with Gasteiger partial charge < -0.3 is 9.64 Å². The van der Waals surface area contributed by atoms with E-state index in [0.29, 0.717) is 18.1 Å². The zero-order valence-corrected chi connectivity index (χ0v) is 17.0. The maximum atomic E-state index is 12.2. The van der Waals surface area contributed by atoms with Crippen LogP contribution in [0.25, 0.3) is 0 Å². The predicted octanol–water partition coefficient (Wildman–Crippen LogP) is 5.65. The molecular formula is C17H25Br2NO2. The highest BCUT2D eigenvalue weighted by Crippen LogP contribution is 2.34. The summed E-state index contributed by atoms with van der Waals surface area (Å²) in [5, 5.41) is 0. The van der Waals surface area contributed by atoms with E-state index in [1.807, 2.05) is 31.1 Å². The monoisotopic (exact) mass is 433 g/mol. The molecule has 0 radical (unpaired) electrons. The summed E-state index contributed by atoms with van der Waals surface area (Å²) in [5.74, 6) is 0.193. The number of ether oxygens (including phenoxy) is 1. The van der Waals surface area contributed by atoms with Crippen LogP contribution in [0.15, 0.2) is 21.1 Å². The van der Waals surface area contributed by atoms with Crippen molar-refractivity contribution in [3.63, 3.8) is 0 Å². The highest BCUT2D eigenvalue weighted by atomic mass is 79.9. The minimum absolute atomic E-state index is 0.262. The molecule has 3 nitrogen and oxygen atoms in total. The molecule has 22 heavy (non-hydrogen) atoms. The number of carbonyl (C=O) groups is 1. The van der Waals surface area contributed by atoms with Gasteiger partial charge in [-0.2, -0.15) is 0 Å². The van der Waals surface area contributed by atoms with Crippen molar-refractivity contribution in [3.8, 4) is 0 Å². The number of anilines is 1. The Bertz CT molecular complexity index is 480. The predicted molar refractivity (Wildman–Crippen MR) is 99.8 cm³/mol. The summed E-state index contributed by atoms with van der Waals surface area (Å²) in [5.41, 5.74) is 1.57. The Morgan fingerprint density at radius 3 is 2.27 bits per heavy atom. The van der Waals surface area contributed by atoms with Crippen LogP contribution in [0.3, 0.4) is 0 Å². The minimum Gasteiger partial charge on any atom is -0.462 e. The van der Waals surface area contributed by atoms with Gasteiger partial charge in [0.2, 0.25) is 0 Å². The van der Waals surface area contributed by atoms with Crippen molar-refractivity contribution < 1.29 is 9.53 Å². The third-order valence-electron chi connectivity index (χ3n) is 3.69. The van der Waals surface area contributed by atoms with Crippen molar-refractivity contribution in [2.24, 2.45) is 5.92 Å². The minimum atomic E-state index is -0.262. The Labute approximate surface area is 150 Å². The van der Waals surface area contributed by atoms with E-state index in [9.17, 15) is 4.79 Å². The SMILES string of the molecule is CCCCC(CC)COC(=O)c1cc(Br)c(N(C)C)c(Br)c1. The Hall–Kier alpha value is -0.550. The van der Waals surface area contributed by atoms with E-state index in [2.05, 4.69) is 45.7 Å². The van der Waals surface area contributed by atoms with Gasteiger partial charge in [0.1, 0.15) is 0 Å². The first-order valence-electron chi connectivity index (χ1n) is 7.74. The molecule has 0 aliphatic carbocycles. The van der Waals surface area contributed by atoms with Crippen LogP contribution in [0.5, 0.6) is 0 Å². The van der Waals surface area contributed by atoms with Gasteiger partial charge in [-0.25, -0.2) is 4.79 Å². The number of hydrogen-bond donors (Lipinski definition) is 0. The lowest BCUT2D eigenvalue weighted by Crippen LogP contribution is -2.15. The van der Waals surface area contributed by atoms with Gasteiger partial charge in [-0.1, -0.05) is 33.1 Å². The van der Waals surface area contributed by atoms with Crippen molar-refractivity contribution in [2.45, 2.75) is 39.5 Å². The lowest BCUT2D eigenvalue weighted by molar-refractivity contribution is 0.0428. The second-order valence-electron chi connectivity index (χ2n) is 5.70. The molecule has 0 saturated heterocycles. The Morgan fingerprint density at radius 1 is 1.23 bits per heavy atom. The first-order valence-corrected chi connectivity index (χ1v) is 9.32. The Morgan fingerprint density at radius 2 is 1.82 bits per heavy atom. The van der Waals surface area contributed by atoms with Crippen LogP contribution in [0, 0.1) is 5.92 Å². The third kappa shape index (κ3) is 5.58. The second-order valence-corrected chi connectivity index (χ2v) is 7.41. The molecule has 5 heteroatoms. The van der Waals surface area contributed by atoms with E-state index < -0.39 is 0 Å². The van der Waals surface area contributed by atoms with Crippen LogP contribution in [-0.2, 0) is 4.74 Å². The first kappa shape index (κ1) is 19.5. The molecule has 0 aliphatic rings. The summed E-state index contributed by atoms with van der Waals surface area (Å²) in [7, 11) is 3.92. The highest BCUT2D eigenvalue weighted by Gasteiger charge is 2.16. The molecule has 0 heterocycles. The van der Waals surface area contributed by atoms with Gasteiger partial charge >= 0.3 is 5.97 Å². The van der Waals surface area contributed by atoms with Crippen molar-refractivity contribution in [2.75, 3.05) is 25.6 Å². The van der Waals surface area contributed by atoms with Gasteiger partial charge in [-0.05, 0) is 56.3 Å². The van der Waals surface area contributed by atoms with E-state index in [-0.39, 0.29) is 5.97 Å². The molecular weight excluding hydrogens is 410 g/mol. The van der Waals surface area contributed by atoms with Crippen LogP contribution >= 0.6 is 31.9 Å². The van der Waals surface area contributed by atoms with Gasteiger partial charge in [0.25, 0.3) is 0 Å². The number of benzene rings is 1. The van der Waals surface area contributed by atoms with Crippen molar-refractivity contribution in [3.05, 3.63) is 26.6 Å². The van der Waals surface area contributed by atoms with Crippen LogP contribution in [0.1, 0.15) is 49.9 Å². The molecule has 0 spiro atoms. The van der Waals surface area contributed by atoms with E-state index in [0.717, 1.165) is 27.5 Å². The number of rotatable bonds is 8. The number of esters is 1. The zero-order valence-electron chi connectivity index (χ0n) is 13.8. The van der Waals surface area contributed by atoms with Crippen LogP contribution in [0.2, 0.25) is 0 Å². The molecule has 1 aromatic rings. The smallest absolute Gasteiger partial charge is 0.338 e. The molecule has 124 valence electrons. The maximum absolute atomic E-state index is 12.2. The lowest BCUT2D eigenvalue weighted by atomic mass is 10.0. The molecule has 1 rings (SSSR count). The average Bonchev–Trinajstić information content (AvgIpc) is 2.46. The van der Waals surface area contributed by atoms with E-state index in [1.54, 1.807) is 0 Å². The van der Waals surface area contributed by atoms with Crippen molar-refractivity contribution in [1.82, 2.24) is 0 Å². The van der Waals surface area contributed by atoms with Crippen molar-refractivity contribution in [1.29, 1.82) is 0 Å². The largest absolute Gasteiger partial charge is 0.462 e. The normalized spacial score (nSPS) is 12.1. The van der Waals surface area contributed by atoms with Crippen LogP contribution in [0.4, 0.5) is 5.69 Å². The number of hydrogen-bond acceptors (Lipinski definition) is 3. The topological polar surface area (TPSA) is 29.5 Å². The number of nitrogens with zero attached hydrogens (tertiary/aromatic N) is 1. The lowest BCUT2D eigenvalue weighted by Gasteiger charge is -2.18. The molecule has 0 aliphatic heterocycles. The summed E-state index contributed by atoms with van der Waals surface area (Å²) >= 11 is 7.03. The van der Waals surface area contributed by atoms with Gasteiger partial charge in [0.05, 0.1) is 17.9 Å². The van der Waals surface area contributed by atoms with E-state index in [1.165, 1.54) is 12.8 Å². The summed E-state index contributed by atoms with van der Waals surface area (Å²) < 4.78 is 7.24. The quantitative estimate of drug-likeness (QED) is 0.495. The molecule has 0 saturated carbocycles. The van der Waals surface area contributed by atoms with Gasteiger partial charge in [-0.15, -0.1) is 0 Å². The number of halogens is 2. The average molecular weight is 435 g/mol. The highest BCUT2D eigenvalue weighted by molar-refractivity contribution is 9.11. The van der Waals surface area contributed by atoms with Gasteiger partial charge in [0.15, 0.2) is 0 Å². The van der Waals surface area contributed by atoms with E-state index in [4.69, 9.17) is 4.74 Å². The summed E-state index contributed by atoms with van der Waals surface area (Å²) in [6, 6.07) is 3.63. The molecule has 0 fully saturated rings. The molecule has 0 N–H and O–H groups in total. The third-order valence-corrected chi connectivity index (χ3v) is 4.90. The standard InChI is InChI=1S/C17H25Br2NO2/c1-5-7-8-12(6-2)11-22-17(21)13-9-14(18)16(20(3)4)15(19)10-13/h9-10,12H,5-8,11H2,1-4H3. The number of unbranched alkanes of at least 4 members (excludes halogenated alkanes) is 1. The van der Waals surface area contributed by atoms with Gasteiger partial charge in [-0.3, -0.25) is 0 Å². The molecule has 1 unspecified atom stereocenters. The Balaban J connectivity index is 2.74. The van der Waals surface area contributed by atoms with Gasteiger partial charge in [0, 0.05) is 23.0 Å². The molecule has 1 atom stereocenters. The fourth-order valence-electron chi connectivity index (χ4n) is 2.29. The summed E-state index contributed by atoms with van der Waals surface area (Å²) in [6.07, 6.45) is 4.52. The molecule has 0 amide bonds. The Kier molecular flexibility index (Phi) is 8.47. The molecule has 1 aromatic carbocycles. The van der Waals surface area contributed by atoms with Crippen molar-refractivity contribution >= 4 is 43.5 Å². The molecule has 0 bridgehead atoms. The second kappa shape index (κ2) is 9.56. The summed E-state index contributed by atoms with van der Waals surface area (Å²) in [4.78, 5) is 14.2.